The number of amides is 1. The highest BCUT2D eigenvalue weighted by Crippen LogP contribution is 2.36. The Kier molecular flexibility index (Phi) is 8.58. The second-order valence-corrected chi connectivity index (χ2v) is 9.58. The molecule has 0 aromatic heterocycles. The first-order valence-electron chi connectivity index (χ1n) is 12.4. The molecule has 0 bridgehead atoms. The van der Waals surface area contributed by atoms with Crippen LogP contribution < -0.4 is 4.74 Å². The maximum Gasteiger partial charge on any atom is 0.307 e. The normalized spacial score (nSPS) is 20.5. The standard InChI is InChI=1S/C28H35NO5/c30-27(29-18-23-8-4-5-9-24(23)19-29)17-25(28(31)32)16-21-10-12-26(13-11-21)34-15-14-33-20-22-6-2-1-3-7-22/h1-3,6-7,10-13,23-25H,4-5,8-9,14-20H2,(H,31,32)/t23-,24+,25?. The Hall–Kier alpha value is -2.86. The van der Waals surface area contributed by atoms with E-state index >= 15 is 0 Å². The molecule has 0 spiro atoms. The molecule has 2 fully saturated rings. The summed E-state index contributed by atoms with van der Waals surface area (Å²) in [5, 5.41) is 9.73. The van der Waals surface area contributed by atoms with Gasteiger partial charge in [-0.2, -0.15) is 0 Å². The SMILES string of the molecule is O=C(O)C(CC(=O)N1C[C@H]2CCCC[C@H]2C1)Cc1ccc(OCCOCc2ccccc2)cc1. The number of aliphatic carboxylic acids is 1. The van der Waals surface area contributed by atoms with Crippen molar-refractivity contribution in [3.8, 4) is 5.75 Å². The van der Waals surface area contributed by atoms with Crippen LogP contribution in [0.2, 0.25) is 0 Å². The van der Waals surface area contributed by atoms with Gasteiger partial charge >= 0.3 is 5.97 Å². The van der Waals surface area contributed by atoms with Crippen molar-refractivity contribution in [2.45, 2.75) is 45.1 Å². The van der Waals surface area contributed by atoms with Crippen molar-refractivity contribution < 1.29 is 24.2 Å². The molecule has 1 heterocycles. The molecular formula is C28H35NO5. The first kappa shape index (κ1) is 24.3. The Morgan fingerprint density at radius 2 is 1.59 bits per heavy atom. The molecule has 2 aromatic rings. The number of carbonyl (C=O) groups is 2. The largest absolute Gasteiger partial charge is 0.491 e. The summed E-state index contributed by atoms with van der Waals surface area (Å²) in [6.07, 6.45) is 5.30. The molecule has 1 amide bonds. The Bertz CT molecular complexity index is 916. The van der Waals surface area contributed by atoms with Crippen molar-refractivity contribution >= 4 is 11.9 Å². The van der Waals surface area contributed by atoms with Gasteiger partial charge in [-0.1, -0.05) is 55.3 Å². The van der Waals surface area contributed by atoms with Crippen LogP contribution in [0.25, 0.3) is 0 Å². The van der Waals surface area contributed by atoms with Crippen LogP contribution in [0.1, 0.15) is 43.2 Å². The van der Waals surface area contributed by atoms with E-state index in [1.54, 1.807) is 0 Å². The molecule has 3 atom stereocenters. The minimum atomic E-state index is -0.916. The smallest absolute Gasteiger partial charge is 0.307 e. The summed E-state index contributed by atoms with van der Waals surface area (Å²) in [4.78, 5) is 26.6. The molecule has 1 unspecified atom stereocenters. The maximum atomic E-state index is 12.8. The Labute approximate surface area is 201 Å². The molecule has 1 aliphatic heterocycles. The van der Waals surface area contributed by atoms with Crippen LogP contribution in [0, 0.1) is 17.8 Å². The van der Waals surface area contributed by atoms with E-state index in [9.17, 15) is 14.7 Å². The minimum absolute atomic E-state index is 0.0164. The maximum absolute atomic E-state index is 12.8. The van der Waals surface area contributed by atoms with Gasteiger partial charge in [0.05, 0.1) is 19.1 Å². The Morgan fingerprint density at radius 3 is 2.24 bits per heavy atom. The van der Waals surface area contributed by atoms with E-state index in [0.717, 1.165) is 30.0 Å². The minimum Gasteiger partial charge on any atom is -0.491 e. The second kappa shape index (κ2) is 12.0. The van der Waals surface area contributed by atoms with Crippen molar-refractivity contribution in [1.82, 2.24) is 4.90 Å². The quantitative estimate of drug-likeness (QED) is 0.492. The molecule has 6 heteroatoms. The van der Waals surface area contributed by atoms with Gasteiger partial charge in [-0.05, 0) is 54.4 Å². The van der Waals surface area contributed by atoms with Crippen molar-refractivity contribution in [3.63, 3.8) is 0 Å². The van der Waals surface area contributed by atoms with Crippen LogP contribution in [0.4, 0.5) is 0 Å². The van der Waals surface area contributed by atoms with Crippen molar-refractivity contribution in [2.75, 3.05) is 26.3 Å². The molecule has 182 valence electrons. The van der Waals surface area contributed by atoms with Gasteiger partial charge in [0.1, 0.15) is 12.4 Å². The van der Waals surface area contributed by atoms with Gasteiger partial charge in [-0.3, -0.25) is 9.59 Å². The van der Waals surface area contributed by atoms with Gasteiger partial charge < -0.3 is 19.5 Å². The van der Waals surface area contributed by atoms with E-state index in [1.165, 1.54) is 25.7 Å². The Balaban J connectivity index is 1.20. The fourth-order valence-electron chi connectivity index (χ4n) is 5.19. The third kappa shape index (κ3) is 6.83. The van der Waals surface area contributed by atoms with Gasteiger partial charge in [0, 0.05) is 19.5 Å². The molecule has 1 saturated heterocycles. The third-order valence-electron chi connectivity index (χ3n) is 7.11. The summed E-state index contributed by atoms with van der Waals surface area (Å²) in [7, 11) is 0. The molecule has 6 nitrogen and oxygen atoms in total. The van der Waals surface area contributed by atoms with E-state index in [-0.39, 0.29) is 12.3 Å². The lowest BCUT2D eigenvalue weighted by Gasteiger charge is -2.22. The molecule has 0 radical (unpaired) electrons. The summed E-state index contributed by atoms with van der Waals surface area (Å²) in [6.45, 7) is 3.08. The highest BCUT2D eigenvalue weighted by molar-refractivity contribution is 5.82. The number of hydrogen-bond acceptors (Lipinski definition) is 4. The van der Waals surface area contributed by atoms with Crippen LogP contribution in [-0.2, 0) is 27.4 Å². The summed E-state index contributed by atoms with van der Waals surface area (Å²) < 4.78 is 11.4. The fourth-order valence-corrected chi connectivity index (χ4v) is 5.19. The van der Waals surface area contributed by atoms with Crippen molar-refractivity contribution in [3.05, 3.63) is 65.7 Å². The number of carboxylic acids is 1. The molecule has 2 aromatic carbocycles. The zero-order chi connectivity index (χ0) is 23.8. The average Bonchev–Trinajstić information content (AvgIpc) is 3.29. The topological polar surface area (TPSA) is 76.1 Å². The monoisotopic (exact) mass is 465 g/mol. The third-order valence-corrected chi connectivity index (χ3v) is 7.11. The number of benzene rings is 2. The van der Waals surface area contributed by atoms with Crippen LogP contribution in [0.3, 0.4) is 0 Å². The number of rotatable bonds is 11. The highest BCUT2D eigenvalue weighted by Gasteiger charge is 2.37. The van der Waals surface area contributed by atoms with Gasteiger partial charge in [-0.25, -0.2) is 0 Å². The number of carboxylic acid groups (broad SMARTS) is 1. The van der Waals surface area contributed by atoms with Crippen LogP contribution in [0.15, 0.2) is 54.6 Å². The van der Waals surface area contributed by atoms with Gasteiger partial charge in [-0.15, -0.1) is 0 Å². The molecular weight excluding hydrogens is 430 g/mol. The first-order valence-corrected chi connectivity index (χ1v) is 12.4. The zero-order valence-corrected chi connectivity index (χ0v) is 19.7. The molecule has 4 rings (SSSR count). The fraction of sp³-hybridized carbons (Fsp3) is 0.500. The van der Waals surface area contributed by atoms with Gasteiger partial charge in [0.25, 0.3) is 0 Å². The molecule has 1 N–H and O–H groups in total. The average molecular weight is 466 g/mol. The van der Waals surface area contributed by atoms with Crippen LogP contribution in [0.5, 0.6) is 5.75 Å². The summed E-state index contributed by atoms with van der Waals surface area (Å²) in [5.74, 6) is 0.288. The first-order chi connectivity index (χ1) is 16.6. The summed E-state index contributed by atoms with van der Waals surface area (Å²) >= 11 is 0. The van der Waals surface area contributed by atoms with E-state index in [1.807, 2.05) is 59.5 Å². The molecule has 1 aliphatic carbocycles. The number of ether oxygens (including phenoxy) is 2. The summed E-state index contributed by atoms with van der Waals surface area (Å²) in [5.41, 5.74) is 2.02. The van der Waals surface area contributed by atoms with Crippen LogP contribution in [-0.4, -0.2) is 48.2 Å². The zero-order valence-electron chi connectivity index (χ0n) is 19.7. The van der Waals surface area contributed by atoms with Crippen molar-refractivity contribution in [2.24, 2.45) is 17.8 Å². The lowest BCUT2D eigenvalue weighted by molar-refractivity contribution is -0.145. The van der Waals surface area contributed by atoms with Gasteiger partial charge in [0.2, 0.25) is 5.91 Å². The van der Waals surface area contributed by atoms with Gasteiger partial charge in [0.15, 0.2) is 0 Å². The number of fused-ring (bicyclic) bond motifs is 1. The van der Waals surface area contributed by atoms with E-state index in [4.69, 9.17) is 9.47 Å². The van der Waals surface area contributed by atoms with E-state index < -0.39 is 11.9 Å². The predicted molar refractivity (Wildman–Crippen MR) is 130 cm³/mol. The summed E-state index contributed by atoms with van der Waals surface area (Å²) in [6, 6.07) is 17.4. The van der Waals surface area contributed by atoms with E-state index in [0.29, 0.717) is 38.1 Å². The number of nitrogens with zero attached hydrogens (tertiary/aromatic N) is 1. The lowest BCUT2D eigenvalue weighted by atomic mass is 9.82. The molecule has 34 heavy (non-hydrogen) atoms. The molecule has 2 aliphatic rings. The van der Waals surface area contributed by atoms with Crippen molar-refractivity contribution in [1.29, 1.82) is 0 Å². The highest BCUT2D eigenvalue weighted by atomic mass is 16.5. The second-order valence-electron chi connectivity index (χ2n) is 9.58. The predicted octanol–water partition coefficient (Wildman–Crippen LogP) is 4.56. The number of hydrogen-bond donors (Lipinski definition) is 1. The van der Waals surface area contributed by atoms with Crippen LogP contribution >= 0.6 is 0 Å². The number of carbonyl (C=O) groups excluding carboxylic acids is 1. The van der Waals surface area contributed by atoms with E-state index in [2.05, 4.69) is 0 Å². The Morgan fingerprint density at radius 1 is 0.912 bits per heavy atom. The number of likely N-dealkylation sites (tertiary alicyclic amines) is 1. The lowest BCUT2D eigenvalue weighted by Crippen LogP contribution is -2.33. The molecule has 1 saturated carbocycles.